The molecule has 0 atom stereocenters. The van der Waals surface area contributed by atoms with E-state index in [0.717, 1.165) is 5.56 Å². The number of hydrogen-bond donors (Lipinski definition) is 1. The predicted molar refractivity (Wildman–Crippen MR) is 78.9 cm³/mol. The van der Waals surface area contributed by atoms with Crippen molar-refractivity contribution in [2.45, 2.75) is 6.92 Å². The molecule has 0 aliphatic carbocycles. The molecule has 0 aromatic carbocycles. The van der Waals surface area contributed by atoms with Gasteiger partial charge in [-0.15, -0.1) is 11.3 Å². The average Bonchev–Trinajstić information content (AvgIpc) is 2.90. The molecular weight excluding hydrogens is 272 g/mol. The molecule has 2 aromatic heterocycles. The number of aromatic nitrogens is 1. The van der Waals surface area contributed by atoms with Crippen LogP contribution < -0.4 is 10.1 Å². The number of nitrogens with zero attached hydrogens (tertiary/aromatic N) is 1. The van der Waals surface area contributed by atoms with Crippen molar-refractivity contribution in [3.05, 3.63) is 46.4 Å². The van der Waals surface area contributed by atoms with Crippen molar-refractivity contribution in [3.8, 4) is 17.6 Å². The molecule has 0 unspecified atom stereocenters. The fourth-order valence-electron chi connectivity index (χ4n) is 1.43. The molecule has 0 saturated carbocycles. The maximum atomic E-state index is 11.7. The lowest BCUT2D eigenvalue weighted by Gasteiger charge is -1.99. The molecule has 1 N–H and O–H groups in total. The molecule has 0 bridgehead atoms. The molecule has 0 spiro atoms. The van der Waals surface area contributed by atoms with Gasteiger partial charge < -0.3 is 10.1 Å². The quantitative estimate of drug-likeness (QED) is 0.877. The first-order valence-corrected chi connectivity index (χ1v) is 6.95. The molecule has 0 aliphatic rings. The average molecular weight is 286 g/mol. The fourth-order valence-corrected chi connectivity index (χ4v) is 2.24. The molecule has 102 valence electrons. The van der Waals surface area contributed by atoms with Crippen molar-refractivity contribution < 1.29 is 9.53 Å². The van der Waals surface area contributed by atoms with E-state index in [9.17, 15) is 4.79 Å². The molecule has 0 radical (unpaired) electrons. The van der Waals surface area contributed by atoms with Gasteiger partial charge in [0.25, 0.3) is 5.91 Å². The van der Waals surface area contributed by atoms with E-state index in [1.165, 1.54) is 11.3 Å². The minimum Gasteiger partial charge on any atom is -0.479 e. The van der Waals surface area contributed by atoms with Gasteiger partial charge in [0.15, 0.2) is 0 Å². The van der Waals surface area contributed by atoms with Gasteiger partial charge in [-0.1, -0.05) is 11.8 Å². The van der Waals surface area contributed by atoms with Gasteiger partial charge in [0, 0.05) is 6.20 Å². The molecule has 0 fully saturated rings. The summed E-state index contributed by atoms with van der Waals surface area (Å²) in [5.41, 5.74) is 1.09. The summed E-state index contributed by atoms with van der Waals surface area (Å²) in [6.45, 7) is 2.55. The highest BCUT2D eigenvalue weighted by Crippen LogP contribution is 2.12. The van der Waals surface area contributed by atoms with Crippen LogP contribution >= 0.6 is 11.3 Å². The summed E-state index contributed by atoms with van der Waals surface area (Å²) in [5.74, 6) is 6.26. The lowest BCUT2D eigenvalue weighted by molar-refractivity contribution is 0.0962. The van der Waals surface area contributed by atoms with Gasteiger partial charge in [0.05, 0.1) is 17.6 Å². The third kappa shape index (κ3) is 4.41. The number of carbonyl (C=O) groups excluding carboxylic acids is 1. The summed E-state index contributed by atoms with van der Waals surface area (Å²) < 4.78 is 5.35. The van der Waals surface area contributed by atoms with Crippen LogP contribution in [0.1, 0.15) is 15.2 Å². The van der Waals surface area contributed by atoms with Crippen LogP contribution in [0.4, 0.5) is 0 Å². The number of aryl methyl sites for hydroxylation is 1. The van der Waals surface area contributed by atoms with Gasteiger partial charge in [-0.25, -0.2) is 0 Å². The number of pyridine rings is 1. The fraction of sp³-hybridized carbons (Fsp3) is 0.200. The van der Waals surface area contributed by atoms with Gasteiger partial charge in [0.2, 0.25) is 0 Å². The van der Waals surface area contributed by atoms with Crippen LogP contribution in [0.2, 0.25) is 0 Å². The summed E-state index contributed by atoms with van der Waals surface area (Å²) in [5, 5.41) is 4.69. The van der Waals surface area contributed by atoms with Crippen LogP contribution in [-0.2, 0) is 0 Å². The number of carbonyl (C=O) groups is 1. The second kappa shape index (κ2) is 7.31. The molecule has 0 saturated heterocycles. The predicted octanol–water partition coefficient (Wildman–Crippen LogP) is 2.26. The molecule has 2 rings (SSSR count). The Morgan fingerprint density at radius 3 is 3.10 bits per heavy atom. The highest BCUT2D eigenvalue weighted by Gasteiger charge is 2.05. The first-order chi connectivity index (χ1) is 9.75. The van der Waals surface area contributed by atoms with Crippen molar-refractivity contribution in [2.75, 3.05) is 13.2 Å². The van der Waals surface area contributed by atoms with Crippen LogP contribution in [-0.4, -0.2) is 24.0 Å². The first-order valence-electron chi connectivity index (χ1n) is 6.07. The molecule has 20 heavy (non-hydrogen) atoms. The SMILES string of the molecule is Cc1csc(C(=O)NCC#CCOc2cccnc2)c1. The Morgan fingerprint density at radius 1 is 1.50 bits per heavy atom. The molecular formula is C15H14N2O2S. The van der Waals surface area contributed by atoms with Crippen LogP contribution in [0.15, 0.2) is 36.0 Å². The lowest BCUT2D eigenvalue weighted by Crippen LogP contribution is -2.22. The largest absolute Gasteiger partial charge is 0.479 e. The number of hydrogen-bond acceptors (Lipinski definition) is 4. The monoisotopic (exact) mass is 286 g/mol. The molecule has 1 amide bonds. The van der Waals surface area contributed by atoms with E-state index in [2.05, 4.69) is 22.1 Å². The zero-order valence-electron chi connectivity index (χ0n) is 11.1. The number of rotatable bonds is 4. The van der Waals surface area contributed by atoms with E-state index in [1.807, 2.05) is 24.4 Å². The van der Waals surface area contributed by atoms with Crippen LogP contribution in [0.5, 0.6) is 5.75 Å². The van der Waals surface area contributed by atoms with E-state index in [-0.39, 0.29) is 12.5 Å². The van der Waals surface area contributed by atoms with Gasteiger partial charge >= 0.3 is 0 Å². The van der Waals surface area contributed by atoms with Gasteiger partial charge in [-0.3, -0.25) is 9.78 Å². The Morgan fingerprint density at radius 2 is 2.40 bits per heavy atom. The summed E-state index contributed by atoms with van der Waals surface area (Å²) in [6, 6.07) is 5.47. The van der Waals surface area contributed by atoms with Crippen molar-refractivity contribution in [1.82, 2.24) is 10.3 Å². The standard InChI is InChI=1S/C15H14N2O2S/c1-12-9-14(20-11-12)15(18)17-7-2-3-8-19-13-5-4-6-16-10-13/h4-6,9-11H,7-8H2,1H3,(H,17,18). The van der Waals surface area contributed by atoms with Crippen molar-refractivity contribution in [3.63, 3.8) is 0 Å². The first kappa shape index (κ1) is 14.1. The van der Waals surface area contributed by atoms with Gasteiger partial charge in [0.1, 0.15) is 12.4 Å². The third-order valence-electron chi connectivity index (χ3n) is 2.36. The number of amides is 1. The second-order valence-corrected chi connectivity index (χ2v) is 4.91. The maximum absolute atomic E-state index is 11.7. The normalized spacial score (nSPS) is 9.45. The second-order valence-electron chi connectivity index (χ2n) is 4.00. The third-order valence-corrected chi connectivity index (χ3v) is 3.41. The van der Waals surface area contributed by atoms with Crippen molar-refractivity contribution >= 4 is 17.2 Å². The van der Waals surface area contributed by atoms with Crippen molar-refractivity contribution in [2.24, 2.45) is 0 Å². The van der Waals surface area contributed by atoms with Crippen LogP contribution in [0, 0.1) is 18.8 Å². The number of ether oxygens (including phenoxy) is 1. The van der Waals surface area contributed by atoms with E-state index in [4.69, 9.17) is 4.74 Å². The van der Waals surface area contributed by atoms with E-state index in [1.54, 1.807) is 18.5 Å². The Labute approximate surface area is 121 Å². The lowest BCUT2D eigenvalue weighted by atomic mass is 10.3. The Bertz CT molecular complexity index is 626. The van der Waals surface area contributed by atoms with Gasteiger partial charge in [-0.05, 0) is 36.1 Å². The maximum Gasteiger partial charge on any atom is 0.262 e. The molecule has 2 heterocycles. The minimum absolute atomic E-state index is 0.0921. The topological polar surface area (TPSA) is 51.2 Å². The summed E-state index contributed by atoms with van der Waals surface area (Å²) >= 11 is 1.43. The van der Waals surface area contributed by atoms with Crippen molar-refractivity contribution in [1.29, 1.82) is 0 Å². The van der Waals surface area contributed by atoms with Crippen LogP contribution in [0.3, 0.4) is 0 Å². The molecule has 5 heteroatoms. The molecule has 4 nitrogen and oxygen atoms in total. The summed E-state index contributed by atoms with van der Waals surface area (Å²) in [7, 11) is 0. The Kier molecular flexibility index (Phi) is 5.15. The van der Waals surface area contributed by atoms with Gasteiger partial charge in [-0.2, -0.15) is 0 Å². The van der Waals surface area contributed by atoms with E-state index < -0.39 is 0 Å². The molecule has 2 aromatic rings. The number of thiophene rings is 1. The minimum atomic E-state index is -0.0921. The van der Waals surface area contributed by atoms with E-state index in [0.29, 0.717) is 17.2 Å². The zero-order valence-corrected chi connectivity index (χ0v) is 11.9. The summed E-state index contributed by atoms with van der Waals surface area (Å²) in [6.07, 6.45) is 3.31. The highest BCUT2D eigenvalue weighted by molar-refractivity contribution is 7.12. The number of nitrogens with one attached hydrogen (secondary N) is 1. The smallest absolute Gasteiger partial charge is 0.262 e. The Hall–Kier alpha value is -2.32. The zero-order chi connectivity index (χ0) is 14.2. The molecule has 0 aliphatic heterocycles. The Balaban J connectivity index is 1.69. The van der Waals surface area contributed by atoms with E-state index >= 15 is 0 Å². The van der Waals surface area contributed by atoms with Crippen LogP contribution in [0.25, 0.3) is 0 Å². The summed E-state index contributed by atoms with van der Waals surface area (Å²) in [4.78, 5) is 16.3. The highest BCUT2D eigenvalue weighted by atomic mass is 32.1.